The number of carbonyl (C=O) groups excluding carboxylic acids is 1. The number of aromatic nitrogens is 4. The first-order valence-corrected chi connectivity index (χ1v) is 6.47. The molecule has 0 fully saturated rings. The molecule has 2 rings (SSSR count). The Kier molecular flexibility index (Phi) is 7.24. The fraction of sp³-hybridized carbons (Fsp3) is 0. The van der Waals surface area contributed by atoms with Crippen molar-refractivity contribution in [1.82, 2.24) is 19.9 Å². The second kappa shape index (κ2) is 8.68. The largest absolute Gasteiger partial charge is 0.411 e. The van der Waals surface area contributed by atoms with Gasteiger partial charge in [-0.25, -0.2) is 19.9 Å². The summed E-state index contributed by atoms with van der Waals surface area (Å²) in [6, 6.07) is 0. The maximum absolute atomic E-state index is 10.2. The van der Waals surface area contributed by atoms with Gasteiger partial charge in [0.2, 0.25) is 0 Å². The van der Waals surface area contributed by atoms with Crippen molar-refractivity contribution >= 4 is 58.9 Å². The van der Waals surface area contributed by atoms with E-state index in [1.807, 2.05) is 0 Å². The Morgan fingerprint density at radius 2 is 1.24 bits per heavy atom. The molecule has 0 aliphatic carbocycles. The van der Waals surface area contributed by atoms with E-state index in [0.29, 0.717) is 11.8 Å². The van der Waals surface area contributed by atoms with E-state index >= 15 is 0 Å². The molecule has 0 amide bonds. The molecule has 0 aromatic carbocycles. The highest BCUT2D eigenvalue weighted by molar-refractivity contribution is 6.37. The summed E-state index contributed by atoms with van der Waals surface area (Å²) in [6.07, 6.45) is 4.01. The Morgan fingerprint density at radius 3 is 1.52 bits per heavy atom. The fourth-order valence-electron chi connectivity index (χ4n) is 0.970. The highest BCUT2D eigenvalue weighted by Crippen LogP contribution is 2.17. The third-order valence-electron chi connectivity index (χ3n) is 1.88. The maximum atomic E-state index is 10.2. The van der Waals surface area contributed by atoms with E-state index in [9.17, 15) is 4.79 Å². The second-order valence-corrected chi connectivity index (χ2v) is 4.53. The Balaban J connectivity index is 0.000000211. The summed E-state index contributed by atoms with van der Waals surface area (Å²) in [5.41, 5.74) is 0.434. The first-order valence-electron chi connectivity index (χ1n) is 4.95. The van der Waals surface area contributed by atoms with Crippen LogP contribution >= 0.6 is 46.4 Å². The van der Waals surface area contributed by atoms with Crippen molar-refractivity contribution in [3.05, 3.63) is 44.4 Å². The van der Waals surface area contributed by atoms with Crippen LogP contribution in [0.4, 0.5) is 0 Å². The van der Waals surface area contributed by atoms with E-state index in [1.54, 1.807) is 0 Å². The minimum absolute atomic E-state index is 0.0787. The molecule has 11 heteroatoms. The monoisotopic (exact) mass is 367 g/mol. The Bertz CT molecular complexity index is 627. The molecule has 0 radical (unpaired) electrons. The molecule has 1 N–H and O–H groups in total. The SMILES string of the molecule is O=Cc1c(Cl)ncnc1Cl.ON=Cc1c(Cl)ncnc1Cl. The highest BCUT2D eigenvalue weighted by Gasteiger charge is 2.05. The first-order chi connectivity index (χ1) is 10.0. The molecule has 21 heavy (non-hydrogen) atoms. The average Bonchev–Trinajstić information content (AvgIpc) is 2.44. The van der Waals surface area contributed by atoms with Crippen LogP contribution < -0.4 is 0 Å². The predicted octanol–water partition coefficient (Wildman–Crippen LogP) is 3.19. The molecular formula is C10H5Cl4N5O2. The van der Waals surface area contributed by atoms with Crippen LogP contribution in [-0.2, 0) is 0 Å². The summed E-state index contributed by atoms with van der Waals surface area (Å²) in [7, 11) is 0. The lowest BCUT2D eigenvalue weighted by molar-refractivity contribution is 0.112. The second-order valence-electron chi connectivity index (χ2n) is 3.10. The fourth-order valence-corrected chi connectivity index (χ4v) is 1.79. The molecule has 2 aromatic rings. The minimum atomic E-state index is 0.0787. The summed E-state index contributed by atoms with van der Waals surface area (Å²) >= 11 is 22.1. The standard InChI is InChI=1S/C5H3Cl2N3O.C5H2Cl2N2O/c6-4-3(1-10-11)5(7)9-2-8-4;6-4-3(1-10)5(7)9-2-8-4/h1-2,11H;1-2H. The summed E-state index contributed by atoms with van der Waals surface area (Å²) in [5, 5.41) is 11.4. The molecule has 0 aliphatic heterocycles. The van der Waals surface area contributed by atoms with Crippen LogP contribution in [0.5, 0.6) is 0 Å². The molecular weight excluding hydrogens is 364 g/mol. The van der Waals surface area contributed by atoms with Crippen LogP contribution in [0, 0.1) is 0 Å². The van der Waals surface area contributed by atoms with Crippen molar-refractivity contribution < 1.29 is 10.0 Å². The van der Waals surface area contributed by atoms with Gasteiger partial charge in [0.25, 0.3) is 0 Å². The van der Waals surface area contributed by atoms with Gasteiger partial charge in [0, 0.05) is 0 Å². The van der Waals surface area contributed by atoms with Gasteiger partial charge in [-0.05, 0) is 0 Å². The molecule has 0 saturated carbocycles. The number of oxime groups is 1. The van der Waals surface area contributed by atoms with Crippen molar-refractivity contribution in [3.8, 4) is 0 Å². The van der Waals surface area contributed by atoms with Gasteiger partial charge in [-0.15, -0.1) is 0 Å². The zero-order chi connectivity index (χ0) is 15.8. The van der Waals surface area contributed by atoms with E-state index in [-0.39, 0.29) is 26.2 Å². The highest BCUT2D eigenvalue weighted by atomic mass is 35.5. The summed E-state index contributed by atoms with van der Waals surface area (Å²) in [5.74, 6) is 0. The van der Waals surface area contributed by atoms with Gasteiger partial charge in [-0.2, -0.15) is 0 Å². The normalized spacial score (nSPS) is 10.1. The molecule has 2 aromatic heterocycles. The van der Waals surface area contributed by atoms with Crippen molar-refractivity contribution in [1.29, 1.82) is 0 Å². The van der Waals surface area contributed by atoms with Crippen molar-refractivity contribution in [2.24, 2.45) is 5.16 Å². The lowest BCUT2D eigenvalue weighted by atomic mass is 10.4. The van der Waals surface area contributed by atoms with E-state index in [0.717, 1.165) is 6.21 Å². The summed E-state index contributed by atoms with van der Waals surface area (Å²) < 4.78 is 0. The number of halogens is 4. The van der Waals surface area contributed by atoms with Gasteiger partial charge < -0.3 is 5.21 Å². The van der Waals surface area contributed by atoms with Crippen LogP contribution in [0.3, 0.4) is 0 Å². The average molecular weight is 369 g/mol. The quantitative estimate of drug-likeness (QED) is 0.287. The third kappa shape index (κ3) is 5.05. The molecule has 0 spiro atoms. The third-order valence-corrected chi connectivity index (χ3v) is 3.08. The lowest BCUT2D eigenvalue weighted by Gasteiger charge is -1.95. The molecule has 0 aliphatic rings. The Hall–Kier alpha value is -1.54. The molecule has 0 unspecified atom stereocenters. The van der Waals surface area contributed by atoms with Crippen LogP contribution in [0.2, 0.25) is 20.6 Å². The number of carbonyl (C=O) groups is 1. The van der Waals surface area contributed by atoms with Crippen molar-refractivity contribution in [2.45, 2.75) is 0 Å². The predicted molar refractivity (Wildman–Crippen MR) is 78.9 cm³/mol. The number of hydrogen-bond donors (Lipinski definition) is 1. The smallest absolute Gasteiger partial charge is 0.156 e. The number of hydrogen-bond acceptors (Lipinski definition) is 7. The molecule has 2 heterocycles. The summed E-state index contributed by atoms with van der Waals surface area (Å²) in [4.78, 5) is 24.6. The Labute approximate surface area is 138 Å². The van der Waals surface area contributed by atoms with Crippen LogP contribution in [0.15, 0.2) is 17.8 Å². The van der Waals surface area contributed by atoms with Gasteiger partial charge >= 0.3 is 0 Å². The van der Waals surface area contributed by atoms with Gasteiger partial charge in [0.1, 0.15) is 33.3 Å². The van der Waals surface area contributed by atoms with Gasteiger partial charge in [0.05, 0.1) is 17.3 Å². The number of aldehydes is 1. The number of rotatable bonds is 2. The van der Waals surface area contributed by atoms with Crippen molar-refractivity contribution in [3.63, 3.8) is 0 Å². The van der Waals surface area contributed by atoms with Crippen LogP contribution in [0.1, 0.15) is 15.9 Å². The summed E-state index contributed by atoms with van der Waals surface area (Å²) in [6.45, 7) is 0. The lowest BCUT2D eigenvalue weighted by Crippen LogP contribution is -1.90. The van der Waals surface area contributed by atoms with Gasteiger partial charge in [0.15, 0.2) is 6.29 Å². The van der Waals surface area contributed by atoms with Crippen molar-refractivity contribution in [2.75, 3.05) is 0 Å². The topological polar surface area (TPSA) is 101 Å². The zero-order valence-electron chi connectivity index (χ0n) is 9.91. The van der Waals surface area contributed by atoms with Gasteiger partial charge in [-0.1, -0.05) is 51.6 Å². The number of nitrogens with zero attached hydrogens (tertiary/aromatic N) is 5. The van der Waals surface area contributed by atoms with E-state index in [1.165, 1.54) is 12.7 Å². The molecule has 0 saturated heterocycles. The van der Waals surface area contributed by atoms with E-state index in [2.05, 4.69) is 25.1 Å². The van der Waals surface area contributed by atoms with E-state index < -0.39 is 0 Å². The zero-order valence-corrected chi connectivity index (χ0v) is 12.9. The first kappa shape index (κ1) is 17.5. The molecule has 110 valence electrons. The van der Waals surface area contributed by atoms with Gasteiger partial charge in [-0.3, -0.25) is 4.79 Å². The molecule has 0 bridgehead atoms. The minimum Gasteiger partial charge on any atom is -0.411 e. The van der Waals surface area contributed by atoms with Crippen LogP contribution in [-0.4, -0.2) is 37.6 Å². The molecule has 7 nitrogen and oxygen atoms in total. The van der Waals surface area contributed by atoms with E-state index in [4.69, 9.17) is 51.6 Å². The molecule has 0 atom stereocenters. The van der Waals surface area contributed by atoms with Crippen LogP contribution in [0.25, 0.3) is 0 Å². The Morgan fingerprint density at radius 1 is 0.857 bits per heavy atom. The maximum Gasteiger partial charge on any atom is 0.156 e.